The molecule has 3 N–H and O–H groups in total. The number of esters is 1. The first-order valence-electron chi connectivity index (χ1n) is 6.65. The van der Waals surface area contributed by atoms with Gasteiger partial charge < -0.3 is 15.0 Å². The van der Waals surface area contributed by atoms with Crippen molar-refractivity contribution in [2.75, 3.05) is 13.7 Å². The molecule has 0 saturated carbocycles. The first-order chi connectivity index (χ1) is 10.7. The van der Waals surface area contributed by atoms with Crippen LogP contribution in [0.2, 0.25) is 0 Å². The van der Waals surface area contributed by atoms with Gasteiger partial charge in [0, 0.05) is 22.7 Å². The second kappa shape index (κ2) is 5.72. The van der Waals surface area contributed by atoms with Crippen molar-refractivity contribution in [3.05, 3.63) is 42.1 Å². The van der Waals surface area contributed by atoms with Gasteiger partial charge in [0.15, 0.2) is 0 Å². The Hall–Kier alpha value is -3.09. The summed E-state index contributed by atoms with van der Waals surface area (Å²) in [6.07, 6.45) is 1.74. The molecule has 0 aliphatic heterocycles. The largest absolute Gasteiger partial charge is 0.468 e. The van der Waals surface area contributed by atoms with Gasteiger partial charge in [-0.3, -0.25) is 14.7 Å². The highest BCUT2D eigenvalue weighted by Gasteiger charge is 2.11. The van der Waals surface area contributed by atoms with Crippen molar-refractivity contribution in [1.82, 2.24) is 20.5 Å². The number of hydrogen-bond acceptors (Lipinski definition) is 4. The molecule has 2 heterocycles. The smallest absolute Gasteiger partial charge is 0.325 e. The molecule has 1 amide bonds. The van der Waals surface area contributed by atoms with E-state index in [0.29, 0.717) is 5.56 Å². The fraction of sp³-hybridized carbons (Fsp3) is 0.133. The Morgan fingerprint density at radius 1 is 1.27 bits per heavy atom. The molecule has 7 nitrogen and oxygen atoms in total. The lowest BCUT2D eigenvalue weighted by Crippen LogP contribution is -2.30. The summed E-state index contributed by atoms with van der Waals surface area (Å²) in [5.74, 6) is -0.821. The first kappa shape index (κ1) is 13.9. The van der Waals surface area contributed by atoms with Crippen molar-refractivity contribution in [2.24, 2.45) is 0 Å². The summed E-state index contributed by atoms with van der Waals surface area (Å²) in [4.78, 5) is 26.3. The van der Waals surface area contributed by atoms with Gasteiger partial charge in [0.05, 0.1) is 12.8 Å². The number of carbonyl (C=O) groups excluding carboxylic acids is 2. The highest BCUT2D eigenvalue weighted by molar-refractivity contribution is 5.99. The molecule has 0 unspecified atom stereocenters. The predicted octanol–water partition coefficient (Wildman–Crippen LogP) is 1.46. The summed E-state index contributed by atoms with van der Waals surface area (Å²) in [6.45, 7) is -0.156. The number of carbonyl (C=O) groups is 2. The van der Waals surface area contributed by atoms with E-state index in [2.05, 4.69) is 25.2 Å². The second-order valence-electron chi connectivity index (χ2n) is 4.70. The molecule has 1 aromatic carbocycles. The maximum absolute atomic E-state index is 12.0. The highest BCUT2D eigenvalue weighted by Crippen LogP contribution is 2.23. The molecule has 0 radical (unpaired) electrons. The minimum Gasteiger partial charge on any atom is -0.468 e. The lowest BCUT2D eigenvalue weighted by atomic mass is 10.1. The summed E-state index contributed by atoms with van der Waals surface area (Å²) in [6, 6.07) is 9.10. The van der Waals surface area contributed by atoms with Gasteiger partial charge in [-0.2, -0.15) is 5.10 Å². The summed E-state index contributed by atoms with van der Waals surface area (Å²) in [5.41, 5.74) is 2.95. The molecule has 0 aliphatic carbocycles. The molecular weight excluding hydrogens is 284 g/mol. The Morgan fingerprint density at radius 3 is 2.86 bits per heavy atom. The Kier molecular flexibility index (Phi) is 3.61. The van der Waals surface area contributed by atoms with E-state index in [1.54, 1.807) is 18.3 Å². The molecule has 2 aromatic heterocycles. The van der Waals surface area contributed by atoms with Crippen molar-refractivity contribution in [3.63, 3.8) is 0 Å². The fourth-order valence-electron chi connectivity index (χ4n) is 2.14. The van der Waals surface area contributed by atoms with E-state index in [4.69, 9.17) is 0 Å². The number of fused-ring (bicyclic) bond motifs is 1. The number of benzene rings is 1. The van der Waals surface area contributed by atoms with Gasteiger partial charge in [0.25, 0.3) is 5.91 Å². The van der Waals surface area contributed by atoms with Crippen LogP contribution in [0.15, 0.2) is 36.5 Å². The molecule has 112 valence electrons. The van der Waals surface area contributed by atoms with Gasteiger partial charge in [-0.1, -0.05) is 6.07 Å². The van der Waals surface area contributed by atoms with Crippen LogP contribution in [-0.4, -0.2) is 40.7 Å². The number of rotatable bonds is 4. The van der Waals surface area contributed by atoms with Gasteiger partial charge >= 0.3 is 5.97 Å². The van der Waals surface area contributed by atoms with E-state index in [9.17, 15) is 9.59 Å². The maximum Gasteiger partial charge on any atom is 0.325 e. The third-order valence-electron chi connectivity index (χ3n) is 3.28. The zero-order valence-electron chi connectivity index (χ0n) is 11.8. The number of nitrogens with zero attached hydrogens (tertiary/aromatic N) is 1. The monoisotopic (exact) mass is 298 g/mol. The number of hydrogen-bond donors (Lipinski definition) is 3. The fourth-order valence-corrected chi connectivity index (χ4v) is 2.14. The second-order valence-corrected chi connectivity index (χ2v) is 4.70. The third kappa shape index (κ3) is 2.69. The molecule has 7 heteroatoms. The molecule has 3 rings (SSSR count). The minimum atomic E-state index is -0.491. The van der Waals surface area contributed by atoms with Crippen LogP contribution >= 0.6 is 0 Å². The molecular formula is C15H14N4O3. The highest BCUT2D eigenvalue weighted by atomic mass is 16.5. The summed E-state index contributed by atoms with van der Waals surface area (Å²) >= 11 is 0. The predicted molar refractivity (Wildman–Crippen MR) is 80.2 cm³/mol. The van der Waals surface area contributed by atoms with Gasteiger partial charge in [0.2, 0.25) is 0 Å². The van der Waals surface area contributed by atoms with E-state index >= 15 is 0 Å². The number of aromatic nitrogens is 3. The molecule has 0 saturated heterocycles. The minimum absolute atomic E-state index is 0.156. The summed E-state index contributed by atoms with van der Waals surface area (Å²) < 4.78 is 4.48. The van der Waals surface area contributed by atoms with Crippen molar-refractivity contribution in [3.8, 4) is 11.4 Å². The zero-order valence-corrected chi connectivity index (χ0v) is 11.8. The average Bonchev–Trinajstić information content (AvgIpc) is 3.19. The number of H-pyrrole nitrogens is 2. The maximum atomic E-state index is 12.0. The Bertz CT molecular complexity index is 821. The van der Waals surface area contributed by atoms with Crippen molar-refractivity contribution in [1.29, 1.82) is 0 Å². The van der Waals surface area contributed by atoms with Crippen LogP contribution in [0.3, 0.4) is 0 Å². The van der Waals surface area contributed by atoms with Crippen LogP contribution in [-0.2, 0) is 9.53 Å². The Labute approximate surface area is 125 Å². The number of aromatic amines is 2. The Balaban J connectivity index is 1.83. The van der Waals surface area contributed by atoms with Crippen LogP contribution in [0.4, 0.5) is 0 Å². The van der Waals surface area contributed by atoms with Gasteiger partial charge in [-0.05, 0) is 24.3 Å². The lowest BCUT2D eigenvalue weighted by molar-refractivity contribution is -0.139. The molecule has 0 atom stereocenters. The quantitative estimate of drug-likeness (QED) is 0.635. The molecule has 3 aromatic rings. The normalized spacial score (nSPS) is 10.6. The topological polar surface area (TPSA) is 99.9 Å². The third-order valence-corrected chi connectivity index (χ3v) is 3.28. The van der Waals surface area contributed by atoms with E-state index in [0.717, 1.165) is 22.3 Å². The SMILES string of the molecule is COC(=O)CNC(=O)c1ccc2cc(-c3cc[nH]n3)[nH]c2c1. The van der Waals surface area contributed by atoms with Crippen molar-refractivity contribution >= 4 is 22.8 Å². The Morgan fingerprint density at radius 2 is 2.14 bits per heavy atom. The lowest BCUT2D eigenvalue weighted by Gasteiger charge is -2.03. The van der Waals surface area contributed by atoms with Gasteiger partial charge in [-0.15, -0.1) is 0 Å². The van der Waals surface area contributed by atoms with Crippen LogP contribution < -0.4 is 5.32 Å². The number of amides is 1. The summed E-state index contributed by atoms with van der Waals surface area (Å²) in [5, 5.41) is 10.3. The van der Waals surface area contributed by atoms with E-state index in [-0.39, 0.29) is 12.5 Å². The van der Waals surface area contributed by atoms with Crippen LogP contribution in [0.25, 0.3) is 22.3 Å². The average molecular weight is 298 g/mol. The van der Waals surface area contributed by atoms with E-state index in [1.165, 1.54) is 7.11 Å². The van der Waals surface area contributed by atoms with Gasteiger partial charge in [-0.25, -0.2) is 0 Å². The van der Waals surface area contributed by atoms with Crippen LogP contribution in [0.5, 0.6) is 0 Å². The molecule has 0 aliphatic rings. The molecule has 0 bridgehead atoms. The molecule has 0 spiro atoms. The van der Waals surface area contributed by atoms with Crippen LogP contribution in [0, 0.1) is 0 Å². The van der Waals surface area contributed by atoms with Crippen LogP contribution in [0.1, 0.15) is 10.4 Å². The number of ether oxygens (including phenoxy) is 1. The zero-order chi connectivity index (χ0) is 15.5. The molecule has 22 heavy (non-hydrogen) atoms. The van der Waals surface area contributed by atoms with Crippen molar-refractivity contribution in [2.45, 2.75) is 0 Å². The first-order valence-corrected chi connectivity index (χ1v) is 6.65. The molecule has 0 fully saturated rings. The van der Waals surface area contributed by atoms with Gasteiger partial charge in [0.1, 0.15) is 12.2 Å². The standard InChI is InChI=1S/C15H14N4O3/c1-22-14(20)8-16-15(21)10-3-2-9-6-13(18-12(9)7-10)11-4-5-17-19-11/h2-7,18H,8H2,1H3,(H,16,21)(H,17,19). The van der Waals surface area contributed by atoms with E-state index < -0.39 is 5.97 Å². The van der Waals surface area contributed by atoms with E-state index in [1.807, 2.05) is 18.2 Å². The van der Waals surface area contributed by atoms with Crippen molar-refractivity contribution < 1.29 is 14.3 Å². The summed E-state index contributed by atoms with van der Waals surface area (Å²) in [7, 11) is 1.27. The number of methoxy groups -OCH3 is 1. The number of nitrogens with one attached hydrogen (secondary N) is 3.